The third-order valence-electron chi connectivity index (χ3n) is 7.64. The molecule has 0 aromatic rings. The first-order valence-electron chi connectivity index (χ1n) is 7.84. The Morgan fingerprint density at radius 1 is 0.700 bits per heavy atom. The minimum atomic E-state index is 0.00437. The molecule has 0 radical (unpaired) electrons. The van der Waals surface area contributed by atoms with Gasteiger partial charge in [0, 0.05) is 0 Å². The van der Waals surface area contributed by atoms with E-state index >= 15 is 0 Å². The Labute approximate surface area is 118 Å². The zero-order chi connectivity index (χ0) is 13.8. The van der Waals surface area contributed by atoms with E-state index in [-0.39, 0.29) is 23.8 Å². The highest BCUT2D eigenvalue weighted by atomic mass is 16.5. The van der Waals surface area contributed by atoms with Crippen molar-refractivity contribution in [3.8, 4) is 0 Å². The quantitative estimate of drug-likeness (QED) is 0.714. The Morgan fingerprint density at radius 2 is 1.00 bits per heavy atom. The summed E-state index contributed by atoms with van der Waals surface area (Å²) in [6.45, 7) is 0. The van der Waals surface area contributed by atoms with E-state index in [2.05, 4.69) is 0 Å². The highest BCUT2D eigenvalue weighted by molar-refractivity contribution is 5.77. The molecule has 4 heteroatoms. The topological polar surface area (TPSA) is 52.6 Å². The molecule has 108 valence electrons. The Morgan fingerprint density at radius 3 is 1.25 bits per heavy atom. The van der Waals surface area contributed by atoms with Crippen LogP contribution in [0.4, 0.5) is 0 Å². The van der Waals surface area contributed by atoms with E-state index in [9.17, 15) is 9.59 Å². The first-order chi connectivity index (χ1) is 9.69. The van der Waals surface area contributed by atoms with Crippen LogP contribution in [0.25, 0.3) is 0 Å². The van der Waals surface area contributed by atoms with Crippen molar-refractivity contribution in [2.24, 2.45) is 59.2 Å². The van der Waals surface area contributed by atoms with Crippen molar-refractivity contribution < 1.29 is 19.1 Å². The van der Waals surface area contributed by atoms with E-state index in [0.717, 1.165) is 12.8 Å². The Hall–Kier alpha value is -1.06. The van der Waals surface area contributed by atoms with Crippen molar-refractivity contribution in [3.05, 3.63) is 0 Å². The summed E-state index contributed by atoms with van der Waals surface area (Å²) in [6.07, 6.45) is 2.10. The molecule has 0 aromatic heterocycles. The summed E-state index contributed by atoms with van der Waals surface area (Å²) in [4.78, 5) is 24.4. The highest BCUT2D eigenvalue weighted by Crippen LogP contribution is 2.82. The minimum Gasteiger partial charge on any atom is -0.469 e. The molecular formula is C16H20O4. The van der Waals surface area contributed by atoms with E-state index in [1.807, 2.05) is 0 Å². The first kappa shape index (κ1) is 11.6. The molecule has 2 unspecified atom stereocenters. The fourth-order valence-electron chi connectivity index (χ4n) is 7.57. The van der Waals surface area contributed by atoms with Crippen LogP contribution in [0.5, 0.6) is 0 Å². The van der Waals surface area contributed by atoms with Gasteiger partial charge in [0.25, 0.3) is 0 Å². The lowest BCUT2D eigenvalue weighted by atomic mass is 9.60. The molecule has 0 spiro atoms. The maximum atomic E-state index is 12.2. The predicted molar refractivity (Wildman–Crippen MR) is 68.2 cm³/mol. The van der Waals surface area contributed by atoms with Gasteiger partial charge in [-0.15, -0.1) is 0 Å². The number of hydrogen-bond acceptors (Lipinski definition) is 4. The number of rotatable bonds is 2. The molecule has 0 aliphatic heterocycles. The van der Waals surface area contributed by atoms with E-state index in [1.165, 1.54) is 14.2 Å². The summed E-state index contributed by atoms with van der Waals surface area (Å²) in [5.41, 5.74) is 0. The van der Waals surface area contributed by atoms with Gasteiger partial charge in [-0.25, -0.2) is 0 Å². The maximum absolute atomic E-state index is 12.2. The van der Waals surface area contributed by atoms with Gasteiger partial charge < -0.3 is 9.47 Å². The molecule has 4 nitrogen and oxygen atoms in total. The molecule has 5 saturated carbocycles. The van der Waals surface area contributed by atoms with Gasteiger partial charge in [-0.3, -0.25) is 9.59 Å². The third kappa shape index (κ3) is 0.961. The zero-order valence-corrected chi connectivity index (χ0v) is 11.8. The fraction of sp³-hybridized carbons (Fsp3) is 0.875. The van der Waals surface area contributed by atoms with Crippen LogP contribution in [0, 0.1) is 59.2 Å². The van der Waals surface area contributed by atoms with Gasteiger partial charge in [0.15, 0.2) is 0 Å². The lowest BCUT2D eigenvalue weighted by molar-refractivity contribution is -0.150. The third-order valence-corrected chi connectivity index (χ3v) is 7.64. The first-order valence-corrected chi connectivity index (χ1v) is 7.84. The van der Waals surface area contributed by atoms with Crippen molar-refractivity contribution in [3.63, 3.8) is 0 Å². The molecule has 5 fully saturated rings. The standard InChI is InChI=1S/C16H20O4/c1-19-15(17)9-5-3-7-10(16(18)20-2)8-4-6(9)12-11(5)13(7)14(8)12/h5-14H,3-4H2,1-2H3/t5-,6+,7+,8-,9?,10?,11?,12?,13?,14?. The molecule has 0 aromatic carbocycles. The molecule has 0 amide bonds. The number of carbonyl (C=O) groups excluding carboxylic acids is 2. The van der Waals surface area contributed by atoms with Crippen molar-refractivity contribution in [2.45, 2.75) is 12.8 Å². The van der Waals surface area contributed by atoms with Crippen LogP contribution in [-0.4, -0.2) is 26.2 Å². The summed E-state index contributed by atoms with van der Waals surface area (Å²) >= 11 is 0. The Bertz CT molecular complexity index is 433. The van der Waals surface area contributed by atoms with E-state index < -0.39 is 0 Å². The predicted octanol–water partition coefficient (Wildman–Crippen LogP) is 1.34. The van der Waals surface area contributed by atoms with Crippen molar-refractivity contribution in [1.29, 1.82) is 0 Å². The maximum Gasteiger partial charge on any atom is 0.309 e. The molecule has 0 saturated heterocycles. The van der Waals surface area contributed by atoms with Crippen LogP contribution in [-0.2, 0) is 19.1 Å². The number of carbonyl (C=O) groups is 2. The molecule has 5 aliphatic rings. The molecule has 0 heterocycles. The second kappa shape index (κ2) is 3.40. The Balaban J connectivity index is 1.56. The van der Waals surface area contributed by atoms with Gasteiger partial charge in [0.2, 0.25) is 0 Å². The lowest BCUT2D eigenvalue weighted by Crippen LogP contribution is -2.41. The van der Waals surface area contributed by atoms with E-state index in [4.69, 9.17) is 9.47 Å². The second-order valence-electron chi connectivity index (χ2n) is 7.53. The normalized spacial score (nSPS) is 59.5. The van der Waals surface area contributed by atoms with Crippen LogP contribution in [0.15, 0.2) is 0 Å². The SMILES string of the molecule is COC(=O)C1[C@@H]2C[C@H]3C4C2C2C4[C@@H](C[C@@H]21)C3C(=O)OC. The van der Waals surface area contributed by atoms with Gasteiger partial charge in [-0.1, -0.05) is 0 Å². The van der Waals surface area contributed by atoms with Gasteiger partial charge in [-0.2, -0.15) is 0 Å². The van der Waals surface area contributed by atoms with Gasteiger partial charge >= 0.3 is 11.9 Å². The van der Waals surface area contributed by atoms with Crippen molar-refractivity contribution in [2.75, 3.05) is 14.2 Å². The average molecular weight is 276 g/mol. The summed E-state index contributed by atoms with van der Waals surface area (Å²) in [7, 11) is 3.03. The van der Waals surface area contributed by atoms with Gasteiger partial charge in [-0.05, 0) is 60.2 Å². The van der Waals surface area contributed by atoms with E-state index in [1.54, 1.807) is 0 Å². The summed E-state index contributed by atoms with van der Waals surface area (Å²) < 4.78 is 10.1. The van der Waals surface area contributed by atoms with Crippen LogP contribution in [0.1, 0.15) is 12.8 Å². The van der Waals surface area contributed by atoms with Crippen molar-refractivity contribution >= 4 is 11.9 Å². The molecule has 6 atom stereocenters. The lowest BCUT2D eigenvalue weighted by Gasteiger charge is -2.44. The number of hydrogen-bond donors (Lipinski definition) is 0. The zero-order valence-electron chi connectivity index (χ0n) is 11.8. The largest absolute Gasteiger partial charge is 0.469 e. The van der Waals surface area contributed by atoms with E-state index in [0.29, 0.717) is 47.3 Å². The number of esters is 2. The van der Waals surface area contributed by atoms with Crippen LogP contribution >= 0.6 is 0 Å². The molecular weight excluding hydrogens is 256 g/mol. The monoisotopic (exact) mass is 276 g/mol. The molecule has 0 bridgehead atoms. The van der Waals surface area contributed by atoms with Crippen LogP contribution < -0.4 is 0 Å². The molecule has 5 aliphatic carbocycles. The van der Waals surface area contributed by atoms with Crippen molar-refractivity contribution in [1.82, 2.24) is 0 Å². The van der Waals surface area contributed by atoms with Crippen LogP contribution in [0.3, 0.4) is 0 Å². The summed E-state index contributed by atoms with van der Waals surface area (Å²) in [6, 6.07) is 0. The fourth-order valence-corrected chi connectivity index (χ4v) is 7.57. The summed E-state index contributed by atoms with van der Waals surface area (Å²) in [5, 5.41) is 0. The van der Waals surface area contributed by atoms with Crippen LogP contribution in [0.2, 0.25) is 0 Å². The highest BCUT2D eigenvalue weighted by Gasteiger charge is 2.80. The number of methoxy groups -OCH3 is 2. The second-order valence-corrected chi connectivity index (χ2v) is 7.53. The Kier molecular flexibility index (Phi) is 1.97. The average Bonchev–Trinajstić information content (AvgIpc) is 3.00. The molecule has 20 heavy (non-hydrogen) atoms. The van der Waals surface area contributed by atoms with Gasteiger partial charge in [0.05, 0.1) is 26.1 Å². The smallest absolute Gasteiger partial charge is 0.309 e. The summed E-state index contributed by atoms with van der Waals surface area (Å²) in [5.74, 6) is 5.01. The van der Waals surface area contributed by atoms with Gasteiger partial charge in [0.1, 0.15) is 0 Å². The molecule has 5 rings (SSSR count). The minimum absolute atomic E-state index is 0.00437. The number of ether oxygens (including phenoxy) is 2. The molecule has 0 N–H and O–H groups in total.